The lowest BCUT2D eigenvalue weighted by atomic mass is 10.2. The van der Waals surface area contributed by atoms with Gasteiger partial charge in [-0.05, 0) is 61.7 Å². The van der Waals surface area contributed by atoms with Crippen molar-refractivity contribution in [3.63, 3.8) is 0 Å². The van der Waals surface area contributed by atoms with Crippen LogP contribution in [0, 0.1) is 0 Å². The molecule has 23 heavy (non-hydrogen) atoms. The first-order valence-corrected chi connectivity index (χ1v) is 8.19. The van der Waals surface area contributed by atoms with Crippen LogP contribution in [0.25, 0.3) is 0 Å². The first-order valence-electron chi connectivity index (χ1n) is 7.40. The van der Waals surface area contributed by atoms with Crippen LogP contribution in [0.1, 0.15) is 33.6 Å². The molecule has 1 atom stereocenters. The molecule has 0 saturated carbocycles. The number of nitrogens with two attached hydrogens (primary N) is 1. The first kappa shape index (κ1) is 17.5. The predicted molar refractivity (Wildman–Crippen MR) is 90.9 cm³/mol. The van der Waals surface area contributed by atoms with Crippen molar-refractivity contribution < 1.29 is 14.3 Å². The third kappa shape index (κ3) is 4.57. The Morgan fingerprint density at radius 1 is 1.43 bits per heavy atom. The highest BCUT2D eigenvalue weighted by Gasteiger charge is 2.36. The average Bonchev–Trinajstić information content (AvgIpc) is 2.89. The van der Waals surface area contributed by atoms with E-state index >= 15 is 0 Å². The van der Waals surface area contributed by atoms with Crippen LogP contribution >= 0.6 is 15.9 Å². The van der Waals surface area contributed by atoms with Gasteiger partial charge < -0.3 is 15.8 Å². The van der Waals surface area contributed by atoms with Gasteiger partial charge in [-0.15, -0.1) is 0 Å². The lowest BCUT2D eigenvalue weighted by Crippen LogP contribution is -2.45. The molecule has 0 radical (unpaired) electrons. The van der Waals surface area contributed by atoms with Gasteiger partial charge in [0.05, 0.1) is 5.69 Å². The van der Waals surface area contributed by atoms with Crippen molar-refractivity contribution >= 4 is 39.4 Å². The number of ether oxygens (including phenoxy) is 1. The van der Waals surface area contributed by atoms with E-state index in [0.717, 1.165) is 6.42 Å². The monoisotopic (exact) mass is 384 g/mol. The average molecular weight is 385 g/mol. The second kappa shape index (κ2) is 6.74. The summed E-state index contributed by atoms with van der Waals surface area (Å²) in [7, 11) is 0. The molecule has 0 bridgehead atoms. The van der Waals surface area contributed by atoms with E-state index in [1.165, 1.54) is 4.90 Å². The summed E-state index contributed by atoms with van der Waals surface area (Å²) in [6.07, 6.45) is 0.873. The van der Waals surface area contributed by atoms with Gasteiger partial charge >= 0.3 is 6.09 Å². The van der Waals surface area contributed by atoms with E-state index in [2.05, 4.69) is 26.2 Å². The molecule has 1 saturated heterocycles. The number of anilines is 2. The zero-order valence-corrected chi connectivity index (χ0v) is 15.0. The third-order valence-corrected chi connectivity index (χ3v) is 3.77. The van der Waals surface area contributed by atoms with Gasteiger partial charge in [0.15, 0.2) is 0 Å². The fourth-order valence-electron chi connectivity index (χ4n) is 2.35. The number of carbonyl (C=O) groups excluding carboxylic acids is 2. The Hall–Kier alpha value is -1.83. The molecule has 126 valence electrons. The molecular formula is C15H21BrN4O3. The summed E-state index contributed by atoms with van der Waals surface area (Å²) in [6, 6.07) is 2.79. The number of pyridine rings is 1. The van der Waals surface area contributed by atoms with E-state index in [4.69, 9.17) is 10.5 Å². The highest BCUT2D eigenvalue weighted by Crippen LogP contribution is 2.24. The maximum atomic E-state index is 12.5. The first-order chi connectivity index (χ1) is 10.7. The Morgan fingerprint density at radius 3 is 2.74 bits per heavy atom. The Balaban J connectivity index is 2.07. The summed E-state index contributed by atoms with van der Waals surface area (Å²) in [5, 5.41) is 2.73. The molecule has 1 aliphatic heterocycles. The molecule has 1 aromatic rings. The van der Waals surface area contributed by atoms with E-state index in [-0.39, 0.29) is 11.7 Å². The normalized spacial score (nSPS) is 17.9. The van der Waals surface area contributed by atoms with Gasteiger partial charge in [-0.3, -0.25) is 9.69 Å². The number of nitrogen functional groups attached to an aromatic ring is 1. The fraction of sp³-hybridized carbons (Fsp3) is 0.533. The van der Waals surface area contributed by atoms with Gasteiger partial charge in [-0.2, -0.15) is 0 Å². The number of nitrogens with zero attached hydrogens (tertiary/aromatic N) is 2. The molecular weight excluding hydrogens is 364 g/mol. The number of carbonyl (C=O) groups is 2. The molecule has 2 heterocycles. The minimum Gasteiger partial charge on any atom is -0.444 e. The summed E-state index contributed by atoms with van der Waals surface area (Å²) in [5.74, 6) is -0.0706. The van der Waals surface area contributed by atoms with Crippen LogP contribution in [0.3, 0.4) is 0 Å². The van der Waals surface area contributed by atoms with Crippen molar-refractivity contribution in [2.75, 3.05) is 17.6 Å². The number of likely N-dealkylation sites (tertiary alicyclic amines) is 1. The molecule has 3 N–H and O–H groups in total. The maximum absolute atomic E-state index is 12.5. The van der Waals surface area contributed by atoms with Gasteiger partial charge in [0.1, 0.15) is 22.1 Å². The Labute approximate surface area is 143 Å². The molecule has 2 amide bonds. The standard InChI is InChI=1S/C15H21BrN4O3/c1-15(2,3)23-14(22)20-8-4-5-10(20)13(21)18-9-6-7-11(16)19-12(9)17/h6-7,10H,4-5,8H2,1-3H3,(H2,17,19)(H,18,21). The van der Waals surface area contributed by atoms with E-state index < -0.39 is 17.7 Å². The largest absolute Gasteiger partial charge is 0.444 e. The smallest absolute Gasteiger partial charge is 0.410 e. The maximum Gasteiger partial charge on any atom is 0.410 e. The number of nitrogens with one attached hydrogen (secondary N) is 1. The van der Waals surface area contributed by atoms with E-state index in [1.807, 2.05) is 0 Å². The Bertz CT molecular complexity index is 615. The second-order valence-electron chi connectivity index (χ2n) is 6.39. The van der Waals surface area contributed by atoms with Gasteiger partial charge in [0.2, 0.25) is 5.91 Å². The topological polar surface area (TPSA) is 97.5 Å². The van der Waals surface area contributed by atoms with Gasteiger partial charge in [-0.1, -0.05) is 0 Å². The van der Waals surface area contributed by atoms with Crippen molar-refractivity contribution in [1.29, 1.82) is 0 Å². The number of rotatable bonds is 2. The highest BCUT2D eigenvalue weighted by atomic mass is 79.9. The van der Waals surface area contributed by atoms with Crippen molar-refractivity contribution in [3.8, 4) is 0 Å². The van der Waals surface area contributed by atoms with Crippen LogP contribution in [0.2, 0.25) is 0 Å². The van der Waals surface area contributed by atoms with Crippen molar-refractivity contribution in [2.45, 2.75) is 45.3 Å². The van der Waals surface area contributed by atoms with Crippen LogP contribution in [0.15, 0.2) is 16.7 Å². The van der Waals surface area contributed by atoms with Gasteiger partial charge in [-0.25, -0.2) is 9.78 Å². The molecule has 1 fully saturated rings. The summed E-state index contributed by atoms with van der Waals surface area (Å²) in [5.41, 5.74) is 5.61. The van der Waals surface area contributed by atoms with Crippen molar-refractivity contribution in [1.82, 2.24) is 9.88 Å². The highest BCUT2D eigenvalue weighted by molar-refractivity contribution is 9.10. The zero-order chi connectivity index (χ0) is 17.2. The van der Waals surface area contributed by atoms with Crippen LogP contribution in [-0.2, 0) is 9.53 Å². The SMILES string of the molecule is CC(C)(C)OC(=O)N1CCCC1C(=O)Nc1ccc(Br)nc1N. The number of hydrogen-bond donors (Lipinski definition) is 2. The molecule has 2 rings (SSSR count). The molecule has 1 aliphatic rings. The van der Waals surface area contributed by atoms with Crippen molar-refractivity contribution in [2.24, 2.45) is 0 Å². The zero-order valence-electron chi connectivity index (χ0n) is 13.4. The van der Waals surface area contributed by atoms with Crippen LogP contribution < -0.4 is 11.1 Å². The van der Waals surface area contributed by atoms with Gasteiger partial charge in [0.25, 0.3) is 0 Å². The molecule has 1 unspecified atom stereocenters. The van der Waals surface area contributed by atoms with E-state index in [0.29, 0.717) is 23.3 Å². The number of aromatic nitrogens is 1. The van der Waals surface area contributed by atoms with Crippen molar-refractivity contribution in [3.05, 3.63) is 16.7 Å². The number of halogens is 1. The van der Waals surface area contributed by atoms with Crippen LogP contribution in [-0.4, -0.2) is 40.1 Å². The summed E-state index contributed by atoms with van der Waals surface area (Å²) >= 11 is 3.21. The Morgan fingerprint density at radius 2 is 2.13 bits per heavy atom. The quantitative estimate of drug-likeness (QED) is 0.763. The molecule has 7 nitrogen and oxygen atoms in total. The lowest BCUT2D eigenvalue weighted by molar-refractivity contribution is -0.120. The molecule has 0 aliphatic carbocycles. The van der Waals surface area contributed by atoms with E-state index in [1.54, 1.807) is 32.9 Å². The lowest BCUT2D eigenvalue weighted by Gasteiger charge is -2.28. The predicted octanol–water partition coefficient (Wildman–Crippen LogP) is 2.76. The Kier molecular flexibility index (Phi) is 5.13. The summed E-state index contributed by atoms with van der Waals surface area (Å²) < 4.78 is 5.94. The number of amides is 2. The van der Waals surface area contributed by atoms with Crippen LogP contribution in [0.4, 0.5) is 16.3 Å². The summed E-state index contributed by atoms with van der Waals surface area (Å²) in [6.45, 7) is 5.89. The minimum absolute atomic E-state index is 0.217. The molecule has 0 aromatic carbocycles. The summed E-state index contributed by atoms with van der Waals surface area (Å²) in [4.78, 5) is 30.2. The number of hydrogen-bond acceptors (Lipinski definition) is 5. The molecule has 0 spiro atoms. The van der Waals surface area contributed by atoms with Crippen LogP contribution in [0.5, 0.6) is 0 Å². The van der Waals surface area contributed by atoms with Gasteiger partial charge in [0, 0.05) is 6.54 Å². The second-order valence-corrected chi connectivity index (χ2v) is 7.20. The fourth-order valence-corrected chi connectivity index (χ4v) is 2.67. The molecule has 1 aromatic heterocycles. The van der Waals surface area contributed by atoms with E-state index in [9.17, 15) is 9.59 Å². The molecule has 8 heteroatoms. The minimum atomic E-state index is -0.596. The third-order valence-electron chi connectivity index (χ3n) is 3.33.